The van der Waals surface area contributed by atoms with E-state index < -0.39 is 31.3 Å². The summed E-state index contributed by atoms with van der Waals surface area (Å²) in [7, 11) is -6.53. The Morgan fingerprint density at radius 1 is 0.865 bits per heavy atom. The molecule has 14 nitrogen and oxygen atoms in total. The molecular formula is C14H36F6N6O8OsS2. The molecule has 37 heavy (non-hydrogen) atoms. The molecule has 0 radical (unpaired) electrons. The zero-order chi connectivity index (χ0) is 25.3. The van der Waals surface area contributed by atoms with E-state index in [2.05, 4.69) is 35.9 Å². The van der Waals surface area contributed by atoms with Gasteiger partial charge in [-0.05, 0) is 39.3 Å². The standard InChI is InChI=1S/C12H21NO2.2CHF3O3S.5H3N.Os/c1-13(2)11-7-4-10(5-8-11)6-9-12(14)15-3;2*2-1(3,4)8(5,6)7;;;;;;/h4,7,10-11H,5-6,8-9H2,1-3H3;2*(H,5,6,7);5*1H3;/q;;;;;;;;+2/p-2/t10-,11-;;;;;;;;/m1......../s1. The van der Waals surface area contributed by atoms with Crippen LogP contribution in [0.25, 0.3) is 0 Å². The largest absolute Gasteiger partial charge is 2.00 e. The molecule has 23 heteroatoms. The first kappa shape index (κ1) is 56.3. The molecule has 0 fully saturated rings. The van der Waals surface area contributed by atoms with Crippen molar-refractivity contribution in [2.45, 2.75) is 42.7 Å². The molecule has 0 aliphatic heterocycles. The van der Waals surface area contributed by atoms with Crippen molar-refractivity contribution in [1.82, 2.24) is 35.7 Å². The van der Waals surface area contributed by atoms with Crippen molar-refractivity contribution in [3.05, 3.63) is 12.2 Å². The number of esters is 1. The molecule has 1 rings (SSSR count). The normalized spacial score (nSPS) is 16.4. The average Bonchev–Trinajstić information content (AvgIpc) is 2.57. The smallest absolute Gasteiger partial charge is 0.741 e. The van der Waals surface area contributed by atoms with Gasteiger partial charge in [0, 0.05) is 12.5 Å². The van der Waals surface area contributed by atoms with E-state index in [1.807, 2.05) is 0 Å². The Balaban J connectivity index is -0.0000000563. The molecule has 0 bridgehead atoms. The molecule has 0 aromatic rings. The number of ether oxygens (including phenoxy) is 1. The Morgan fingerprint density at radius 3 is 1.38 bits per heavy atom. The quantitative estimate of drug-likeness (QED) is 0.0900. The molecule has 1 aliphatic carbocycles. The van der Waals surface area contributed by atoms with Gasteiger partial charge >= 0.3 is 36.8 Å². The second kappa shape index (κ2) is 22.9. The zero-order valence-corrected chi connectivity index (χ0v) is 24.5. The van der Waals surface area contributed by atoms with E-state index in [-0.39, 0.29) is 56.5 Å². The van der Waals surface area contributed by atoms with Crippen LogP contribution < -0.4 is 30.8 Å². The van der Waals surface area contributed by atoms with E-state index in [0.717, 1.165) is 6.42 Å². The summed E-state index contributed by atoms with van der Waals surface area (Å²) in [5.41, 5.74) is -11.3. The first-order valence-electron chi connectivity index (χ1n) is 8.09. The van der Waals surface area contributed by atoms with Crippen molar-refractivity contribution in [1.29, 1.82) is 0 Å². The van der Waals surface area contributed by atoms with Gasteiger partial charge in [0.1, 0.15) is 0 Å². The SMILES string of the molecule is COC(=O)CC[C@@H]1C=C[C@@H](N(C)C)CC1.N.N.N.N.N.O=S(=O)([O-])C(F)(F)F.O=S(=O)([O-])C(F)(F)F.[Os+2]. The third-order valence-electron chi connectivity index (χ3n) is 3.62. The molecule has 0 amide bonds. The summed E-state index contributed by atoms with van der Waals surface area (Å²) in [5, 5.41) is 0. The Hall–Kier alpha value is -0.994. The fourth-order valence-electron chi connectivity index (χ4n) is 1.94. The Kier molecular flexibility index (Phi) is 34.9. The predicted molar refractivity (Wildman–Crippen MR) is 117 cm³/mol. The molecule has 0 aromatic carbocycles. The van der Waals surface area contributed by atoms with Crippen LogP contribution in [0.2, 0.25) is 0 Å². The molecule has 0 heterocycles. The minimum Gasteiger partial charge on any atom is -0.741 e. The summed E-state index contributed by atoms with van der Waals surface area (Å²) < 4.78 is 122. The molecule has 1 aliphatic rings. The molecule has 0 unspecified atom stereocenters. The Labute approximate surface area is 225 Å². The molecule has 2 atom stereocenters. The van der Waals surface area contributed by atoms with E-state index in [1.54, 1.807) is 0 Å². The van der Waals surface area contributed by atoms with Crippen LogP contribution in [0, 0.1) is 5.92 Å². The average molecular weight is 785 g/mol. The fraction of sp³-hybridized carbons (Fsp3) is 0.786. The number of rotatable bonds is 4. The number of nitrogens with zero attached hydrogens (tertiary/aromatic N) is 1. The van der Waals surface area contributed by atoms with Gasteiger partial charge in [0.05, 0.1) is 7.11 Å². The molecule has 232 valence electrons. The number of likely N-dealkylation sites (N-methyl/N-ethyl adjacent to an activating group) is 1. The van der Waals surface area contributed by atoms with Gasteiger partial charge < -0.3 is 49.5 Å². The monoisotopic (exact) mass is 786 g/mol. The molecule has 15 N–H and O–H groups in total. The van der Waals surface area contributed by atoms with Crippen LogP contribution in [0.3, 0.4) is 0 Å². The third-order valence-corrected chi connectivity index (χ3v) is 4.75. The van der Waals surface area contributed by atoms with Crippen molar-refractivity contribution < 1.29 is 81.6 Å². The molecule has 0 saturated carbocycles. The number of methoxy groups -OCH3 is 1. The number of hydrogen-bond acceptors (Lipinski definition) is 14. The minimum absolute atomic E-state index is 0. The van der Waals surface area contributed by atoms with Gasteiger partial charge in [0.15, 0.2) is 20.2 Å². The molecule has 0 aromatic heterocycles. The summed E-state index contributed by atoms with van der Waals surface area (Å²) >= 11 is 0. The maximum absolute atomic E-state index is 11.0. The number of halogens is 6. The number of hydrogen-bond donors (Lipinski definition) is 5. The number of carbonyl (C=O) groups excluding carboxylic acids is 1. The molecular weight excluding hydrogens is 749 g/mol. The molecule has 0 spiro atoms. The van der Waals surface area contributed by atoms with Crippen molar-refractivity contribution >= 4 is 26.2 Å². The first-order valence-corrected chi connectivity index (χ1v) is 10.9. The van der Waals surface area contributed by atoms with Gasteiger partial charge in [0.2, 0.25) is 0 Å². The molecule has 0 saturated heterocycles. The maximum atomic E-state index is 11.0. The topological polar surface area (TPSA) is 319 Å². The van der Waals surface area contributed by atoms with Crippen LogP contribution >= 0.6 is 0 Å². The van der Waals surface area contributed by atoms with Crippen molar-refractivity contribution in [2.24, 2.45) is 5.92 Å². The number of carbonyl (C=O) groups is 1. The van der Waals surface area contributed by atoms with Crippen LogP contribution in [0.1, 0.15) is 25.7 Å². The summed E-state index contributed by atoms with van der Waals surface area (Å²) in [6, 6.07) is 0.569. The summed E-state index contributed by atoms with van der Waals surface area (Å²) in [5.74, 6) is 0.457. The van der Waals surface area contributed by atoms with Gasteiger partial charge in [-0.2, -0.15) is 26.3 Å². The van der Waals surface area contributed by atoms with Crippen molar-refractivity contribution in [3.63, 3.8) is 0 Å². The third kappa shape index (κ3) is 26.4. The first-order chi connectivity index (χ1) is 13.6. The maximum Gasteiger partial charge on any atom is 2.00 e. The summed E-state index contributed by atoms with van der Waals surface area (Å²) in [4.78, 5) is 13.2. The van der Waals surface area contributed by atoms with Gasteiger partial charge in [-0.15, -0.1) is 0 Å². The zero-order valence-electron chi connectivity index (χ0n) is 20.3. The van der Waals surface area contributed by atoms with E-state index in [1.165, 1.54) is 20.0 Å². The van der Waals surface area contributed by atoms with Crippen molar-refractivity contribution in [3.8, 4) is 0 Å². The summed E-state index contributed by atoms with van der Waals surface area (Å²) in [6.07, 6.45) is 8.33. The van der Waals surface area contributed by atoms with E-state index >= 15 is 0 Å². The van der Waals surface area contributed by atoms with Gasteiger partial charge in [-0.25, -0.2) is 16.8 Å². The van der Waals surface area contributed by atoms with Crippen LogP contribution in [0.5, 0.6) is 0 Å². The minimum atomic E-state index is -6.09. The summed E-state index contributed by atoms with van der Waals surface area (Å²) in [6.45, 7) is 0. The van der Waals surface area contributed by atoms with E-state index in [0.29, 0.717) is 18.4 Å². The second-order valence-corrected chi connectivity index (χ2v) is 8.91. The van der Waals surface area contributed by atoms with Crippen LogP contribution in [0.15, 0.2) is 12.2 Å². The van der Waals surface area contributed by atoms with E-state index in [4.69, 9.17) is 25.9 Å². The Morgan fingerprint density at radius 2 is 1.19 bits per heavy atom. The van der Waals surface area contributed by atoms with Crippen LogP contribution in [-0.2, 0) is 49.6 Å². The number of alkyl halides is 6. The van der Waals surface area contributed by atoms with Gasteiger partial charge in [0.25, 0.3) is 0 Å². The van der Waals surface area contributed by atoms with Crippen LogP contribution in [0.4, 0.5) is 26.3 Å². The van der Waals surface area contributed by atoms with Crippen LogP contribution in [-0.4, -0.2) is 75.1 Å². The van der Waals surface area contributed by atoms with Gasteiger partial charge in [-0.3, -0.25) is 4.79 Å². The number of allylic oxidation sites excluding steroid dienone is 1. The fourth-order valence-corrected chi connectivity index (χ4v) is 1.94. The van der Waals surface area contributed by atoms with E-state index in [9.17, 15) is 31.1 Å². The van der Waals surface area contributed by atoms with Crippen molar-refractivity contribution in [2.75, 3.05) is 21.2 Å². The second-order valence-electron chi connectivity index (χ2n) is 6.17. The predicted octanol–water partition coefficient (Wildman–Crippen LogP) is 2.75. The van der Waals surface area contributed by atoms with Gasteiger partial charge in [-0.1, -0.05) is 12.2 Å². The Bertz CT molecular complexity index is 772.